The zero-order valence-corrected chi connectivity index (χ0v) is 15.4. The van der Waals surface area contributed by atoms with Gasteiger partial charge in [-0.15, -0.1) is 0 Å². The average molecular weight is 365 g/mol. The van der Waals surface area contributed by atoms with Crippen LogP contribution >= 0.6 is 0 Å². The van der Waals surface area contributed by atoms with Crippen LogP contribution in [0.5, 0.6) is 5.75 Å². The Kier molecular flexibility index (Phi) is 4.97. The average Bonchev–Trinajstić information content (AvgIpc) is 2.70. The first kappa shape index (κ1) is 17.8. The molecule has 2 heterocycles. The Morgan fingerprint density at radius 1 is 1.15 bits per heavy atom. The van der Waals surface area contributed by atoms with Crippen LogP contribution in [0, 0.1) is 6.92 Å². The van der Waals surface area contributed by atoms with Gasteiger partial charge in [-0.3, -0.25) is 4.90 Å². The monoisotopic (exact) mass is 365 g/mol. The Morgan fingerprint density at radius 2 is 1.96 bits per heavy atom. The summed E-state index contributed by atoms with van der Waals surface area (Å²) < 4.78 is 11.6. The molecule has 0 unspecified atom stereocenters. The van der Waals surface area contributed by atoms with Crippen LogP contribution < -0.4 is 10.4 Å². The van der Waals surface area contributed by atoms with Gasteiger partial charge in [0.1, 0.15) is 18.1 Å². The van der Waals surface area contributed by atoms with E-state index in [9.17, 15) is 4.79 Å². The second-order valence-electron chi connectivity index (χ2n) is 6.98. The molecule has 1 N–H and O–H groups in total. The smallest absolute Gasteiger partial charge is 0.340 e. The van der Waals surface area contributed by atoms with Crippen molar-refractivity contribution in [2.45, 2.75) is 26.3 Å². The minimum atomic E-state index is -0.287. The number of ether oxygens (including phenoxy) is 1. The van der Waals surface area contributed by atoms with Gasteiger partial charge < -0.3 is 14.3 Å². The number of aliphatic hydroxyl groups excluding tert-OH is 1. The van der Waals surface area contributed by atoms with Gasteiger partial charge in [-0.25, -0.2) is 4.79 Å². The summed E-state index contributed by atoms with van der Waals surface area (Å²) in [7, 11) is 0. The van der Waals surface area contributed by atoms with Crippen molar-refractivity contribution in [2.75, 3.05) is 19.9 Å². The largest absolute Gasteiger partial charge is 0.478 e. The fraction of sp³-hybridized carbons (Fsp3) is 0.318. The number of rotatable bonds is 5. The first-order valence-electron chi connectivity index (χ1n) is 9.25. The highest BCUT2D eigenvalue weighted by molar-refractivity contribution is 5.86. The number of aliphatic hydroxyl groups is 1. The zero-order chi connectivity index (χ0) is 18.8. The molecule has 0 aliphatic carbocycles. The summed E-state index contributed by atoms with van der Waals surface area (Å²) in [5.74, 6) is 0.765. The lowest BCUT2D eigenvalue weighted by atomic mass is 9.98. The van der Waals surface area contributed by atoms with E-state index >= 15 is 0 Å². The third-order valence-electron chi connectivity index (χ3n) is 5.16. The summed E-state index contributed by atoms with van der Waals surface area (Å²) in [6, 6.07) is 13.9. The van der Waals surface area contributed by atoms with Crippen molar-refractivity contribution < 1.29 is 14.3 Å². The van der Waals surface area contributed by atoms with Gasteiger partial charge in [0.05, 0.1) is 5.56 Å². The van der Waals surface area contributed by atoms with Crippen LogP contribution in [-0.4, -0.2) is 29.9 Å². The standard InChI is InChI=1S/C22H23NO4/c1-15-17-8-9-20-19(13-23(14-26-20)10-5-11-24)21(17)27-22(25)18(15)12-16-6-3-2-4-7-16/h2-4,6-9,24H,5,10-14H2,1H3. The minimum absolute atomic E-state index is 0.149. The third kappa shape index (κ3) is 3.48. The van der Waals surface area contributed by atoms with E-state index in [0.717, 1.165) is 34.4 Å². The second kappa shape index (κ2) is 7.55. The fourth-order valence-corrected chi connectivity index (χ4v) is 3.65. The van der Waals surface area contributed by atoms with Crippen LogP contribution in [0.25, 0.3) is 11.0 Å². The molecule has 0 saturated carbocycles. The molecule has 1 aliphatic heterocycles. The molecular weight excluding hydrogens is 342 g/mol. The molecule has 5 heteroatoms. The van der Waals surface area contributed by atoms with E-state index in [4.69, 9.17) is 14.3 Å². The van der Waals surface area contributed by atoms with Gasteiger partial charge >= 0.3 is 5.63 Å². The Bertz CT molecular complexity index is 1010. The van der Waals surface area contributed by atoms with Crippen molar-refractivity contribution in [2.24, 2.45) is 0 Å². The van der Waals surface area contributed by atoms with Crippen LogP contribution in [0.3, 0.4) is 0 Å². The van der Waals surface area contributed by atoms with Crippen molar-refractivity contribution in [3.8, 4) is 5.75 Å². The van der Waals surface area contributed by atoms with Crippen molar-refractivity contribution >= 4 is 11.0 Å². The molecule has 5 nitrogen and oxygen atoms in total. The van der Waals surface area contributed by atoms with Gasteiger partial charge in [0.25, 0.3) is 0 Å². The van der Waals surface area contributed by atoms with Crippen molar-refractivity contribution in [1.29, 1.82) is 0 Å². The first-order valence-corrected chi connectivity index (χ1v) is 9.25. The van der Waals surface area contributed by atoms with Crippen LogP contribution in [0.4, 0.5) is 0 Å². The quantitative estimate of drug-likeness (QED) is 0.704. The Morgan fingerprint density at radius 3 is 2.74 bits per heavy atom. The van der Waals surface area contributed by atoms with E-state index in [-0.39, 0.29) is 12.2 Å². The van der Waals surface area contributed by atoms with Crippen LogP contribution in [0.15, 0.2) is 51.7 Å². The molecule has 27 heavy (non-hydrogen) atoms. The van der Waals surface area contributed by atoms with Gasteiger partial charge in [-0.05, 0) is 36.6 Å². The lowest BCUT2D eigenvalue weighted by Crippen LogP contribution is -2.33. The van der Waals surface area contributed by atoms with E-state index in [1.807, 2.05) is 49.4 Å². The Labute approximate surface area is 157 Å². The summed E-state index contributed by atoms with van der Waals surface area (Å²) in [4.78, 5) is 14.8. The van der Waals surface area contributed by atoms with Crippen molar-refractivity contribution in [3.05, 3.63) is 75.1 Å². The van der Waals surface area contributed by atoms with Crippen LogP contribution in [-0.2, 0) is 13.0 Å². The van der Waals surface area contributed by atoms with Gasteiger partial charge in [0, 0.05) is 37.1 Å². The second-order valence-corrected chi connectivity index (χ2v) is 6.98. The maximum atomic E-state index is 12.7. The molecule has 140 valence electrons. The predicted molar refractivity (Wildman–Crippen MR) is 104 cm³/mol. The van der Waals surface area contributed by atoms with Crippen LogP contribution in [0.1, 0.15) is 28.7 Å². The fourth-order valence-electron chi connectivity index (χ4n) is 3.65. The summed E-state index contributed by atoms with van der Waals surface area (Å²) in [5, 5.41) is 10.0. The SMILES string of the molecule is Cc1c(Cc2ccccc2)c(=O)oc2c3c(ccc12)OCN(CCCO)C3. The van der Waals surface area contributed by atoms with E-state index in [0.29, 0.717) is 37.3 Å². The highest BCUT2D eigenvalue weighted by atomic mass is 16.5. The molecule has 3 aromatic rings. The number of aryl methyl sites for hydroxylation is 1. The van der Waals surface area contributed by atoms with Crippen molar-refractivity contribution in [3.63, 3.8) is 0 Å². The highest BCUT2D eigenvalue weighted by Gasteiger charge is 2.23. The molecule has 1 aliphatic rings. The third-order valence-corrected chi connectivity index (χ3v) is 5.16. The summed E-state index contributed by atoms with van der Waals surface area (Å²) in [6.07, 6.45) is 1.24. The molecular formula is C22H23NO4. The topological polar surface area (TPSA) is 62.9 Å². The number of nitrogens with zero attached hydrogens (tertiary/aromatic N) is 1. The van der Waals surface area contributed by atoms with E-state index < -0.39 is 0 Å². The maximum Gasteiger partial charge on any atom is 0.340 e. The molecule has 0 atom stereocenters. The molecule has 2 aromatic carbocycles. The molecule has 0 saturated heterocycles. The number of fused-ring (bicyclic) bond motifs is 3. The normalized spacial score (nSPS) is 14.1. The predicted octanol–water partition coefficient (Wildman–Crippen LogP) is 3.23. The van der Waals surface area contributed by atoms with Gasteiger partial charge in [0.2, 0.25) is 0 Å². The Balaban J connectivity index is 1.76. The van der Waals surface area contributed by atoms with E-state index in [1.54, 1.807) is 0 Å². The number of hydrogen-bond acceptors (Lipinski definition) is 5. The van der Waals surface area contributed by atoms with E-state index in [2.05, 4.69) is 4.90 Å². The summed E-state index contributed by atoms with van der Waals surface area (Å²) in [6.45, 7) is 4.00. The maximum absolute atomic E-state index is 12.7. The summed E-state index contributed by atoms with van der Waals surface area (Å²) >= 11 is 0. The molecule has 0 radical (unpaired) electrons. The Hall–Kier alpha value is -2.63. The number of benzene rings is 2. The zero-order valence-electron chi connectivity index (χ0n) is 15.4. The lowest BCUT2D eigenvalue weighted by molar-refractivity contribution is 0.0886. The lowest BCUT2D eigenvalue weighted by Gasteiger charge is -2.29. The first-order chi connectivity index (χ1) is 13.2. The molecule has 1 aromatic heterocycles. The van der Waals surface area contributed by atoms with Crippen molar-refractivity contribution in [1.82, 2.24) is 4.90 Å². The van der Waals surface area contributed by atoms with Gasteiger partial charge in [-0.1, -0.05) is 30.3 Å². The molecule has 0 fully saturated rings. The molecule has 4 rings (SSSR count). The molecule has 0 bridgehead atoms. The minimum Gasteiger partial charge on any atom is -0.478 e. The van der Waals surface area contributed by atoms with Gasteiger partial charge in [-0.2, -0.15) is 0 Å². The molecule has 0 amide bonds. The number of hydrogen-bond donors (Lipinski definition) is 1. The van der Waals surface area contributed by atoms with Crippen LogP contribution in [0.2, 0.25) is 0 Å². The highest BCUT2D eigenvalue weighted by Crippen LogP contribution is 2.33. The van der Waals surface area contributed by atoms with Gasteiger partial charge in [0.15, 0.2) is 0 Å². The van der Waals surface area contributed by atoms with E-state index in [1.165, 1.54) is 0 Å². The molecule has 0 spiro atoms. The summed E-state index contributed by atoms with van der Waals surface area (Å²) in [5.41, 5.74) is 3.97.